The molecular formula is C14H16N2O2S. The van der Waals surface area contributed by atoms with Gasteiger partial charge in [-0.1, -0.05) is 12.1 Å². The topological polar surface area (TPSA) is 50.3 Å². The molecule has 5 heteroatoms. The quantitative estimate of drug-likeness (QED) is 0.862. The second-order valence-electron chi connectivity index (χ2n) is 4.20. The van der Waals surface area contributed by atoms with Gasteiger partial charge < -0.3 is 0 Å². The molecule has 1 aromatic carbocycles. The SMILES string of the molecule is CCN(c1cccc(C)c1)S(=O)(=O)c1cccnc1. The van der Waals surface area contributed by atoms with E-state index in [0.717, 1.165) is 5.56 Å². The molecule has 0 bridgehead atoms. The number of nitrogens with zero attached hydrogens (tertiary/aromatic N) is 2. The molecule has 0 unspecified atom stereocenters. The maximum Gasteiger partial charge on any atom is 0.265 e. The molecule has 0 aliphatic carbocycles. The highest BCUT2D eigenvalue weighted by atomic mass is 32.2. The molecule has 0 aliphatic heterocycles. The molecule has 2 aromatic rings. The monoisotopic (exact) mass is 276 g/mol. The molecule has 0 N–H and O–H groups in total. The summed E-state index contributed by atoms with van der Waals surface area (Å²) in [6, 6.07) is 10.6. The minimum Gasteiger partial charge on any atom is -0.267 e. The number of sulfonamides is 1. The van der Waals surface area contributed by atoms with Crippen LogP contribution in [0.25, 0.3) is 0 Å². The highest BCUT2D eigenvalue weighted by Crippen LogP contribution is 2.23. The Hall–Kier alpha value is -1.88. The van der Waals surface area contributed by atoms with Crippen LogP contribution in [-0.2, 0) is 10.0 Å². The zero-order valence-electron chi connectivity index (χ0n) is 10.9. The molecule has 1 aromatic heterocycles. The Labute approximate surface area is 113 Å². The van der Waals surface area contributed by atoms with Crippen LogP contribution in [0.15, 0.2) is 53.7 Å². The van der Waals surface area contributed by atoms with Crippen molar-refractivity contribution < 1.29 is 8.42 Å². The number of anilines is 1. The predicted molar refractivity (Wildman–Crippen MR) is 75.6 cm³/mol. The first-order valence-corrected chi connectivity index (χ1v) is 7.49. The summed E-state index contributed by atoms with van der Waals surface area (Å²) < 4.78 is 26.5. The van der Waals surface area contributed by atoms with E-state index in [1.807, 2.05) is 32.0 Å². The number of hydrogen-bond donors (Lipinski definition) is 0. The molecule has 19 heavy (non-hydrogen) atoms. The highest BCUT2D eigenvalue weighted by Gasteiger charge is 2.23. The number of aryl methyl sites for hydroxylation is 1. The standard InChI is InChI=1S/C14H16N2O2S/c1-3-16(13-7-4-6-12(2)10-13)19(17,18)14-8-5-9-15-11-14/h4-11H,3H2,1-2H3. The van der Waals surface area contributed by atoms with Crippen LogP contribution in [0.3, 0.4) is 0 Å². The predicted octanol–water partition coefficient (Wildman–Crippen LogP) is 2.61. The van der Waals surface area contributed by atoms with Crippen LogP contribution >= 0.6 is 0 Å². The molecule has 0 spiro atoms. The van der Waals surface area contributed by atoms with Crippen molar-refractivity contribution in [1.82, 2.24) is 4.98 Å². The van der Waals surface area contributed by atoms with E-state index in [0.29, 0.717) is 12.2 Å². The minimum absolute atomic E-state index is 0.207. The van der Waals surface area contributed by atoms with Crippen molar-refractivity contribution in [3.05, 3.63) is 54.4 Å². The van der Waals surface area contributed by atoms with Gasteiger partial charge in [-0.15, -0.1) is 0 Å². The van der Waals surface area contributed by atoms with Crippen molar-refractivity contribution in [2.45, 2.75) is 18.7 Å². The van der Waals surface area contributed by atoms with Crippen LogP contribution in [0.2, 0.25) is 0 Å². The first-order valence-electron chi connectivity index (χ1n) is 6.05. The molecule has 100 valence electrons. The van der Waals surface area contributed by atoms with Crippen molar-refractivity contribution in [2.24, 2.45) is 0 Å². The zero-order chi connectivity index (χ0) is 13.9. The Morgan fingerprint density at radius 1 is 1.21 bits per heavy atom. The summed E-state index contributed by atoms with van der Waals surface area (Å²) in [5, 5.41) is 0. The third-order valence-corrected chi connectivity index (χ3v) is 4.69. The van der Waals surface area contributed by atoms with Crippen molar-refractivity contribution in [3.8, 4) is 0 Å². The van der Waals surface area contributed by atoms with Gasteiger partial charge in [-0.2, -0.15) is 0 Å². The average Bonchev–Trinajstić information content (AvgIpc) is 2.40. The Morgan fingerprint density at radius 2 is 2.00 bits per heavy atom. The number of hydrogen-bond acceptors (Lipinski definition) is 3. The van der Waals surface area contributed by atoms with Gasteiger partial charge in [0.05, 0.1) is 5.69 Å². The minimum atomic E-state index is -3.55. The molecule has 0 saturated carbocycles. The van der Waals surface area contributed by atoms with Gasteiger partial charge in [-0.25, -0.2) is 8.42 Å². The van der Waals surface area contributed by atoms with Gasteiger partial charge in [0.2, 0.25) is 0 Å². The van der Waals surface area contributed by atoms with Gasteiger partial charge in [-0.3, -0.25) is 9.29 Å². The fourth-order valence-corrected chi connectivity index (χ4v) is 3.33. The Bertz CT molecular complexity index is 654. The summed E-state index contributed by atoms with van der Waals surface area (Å²) in [5.41, 5.74) is 1.70. The number of benzene rings is 1. The maximum absolute atomic E-state index is 12.6. The van der Waals surface area contributed by atoms with E-state index >= 15 is 0 Å². The lowest BCUT2D eigenvalue weighted by atomic mass is 10.2. The van der Waals surface area contributed by atoms with E-state index in [-0.39, 0.29) is 4.90 Å². The summed E-state index contributed by atoms with van der Waals surface area (Å²) in [7, 11) is -3.55. The van der Waals surface area contributed by atoms with Gasteiger partial charge >= 0.3 is 0 Å². The fourth-order valence-electron chi connectivity index (χ4n) is 1.90. The van der Waals surface area contributed by atoms with Crippen LogP contribution in [-0.4, -0.2) is 19.9 Å². The largest absolute Gasteiger partial charge is 0.267 e. The second kappa shape index (κ2) is 5.40. The summed E-state index contributed by atoms with van der Waals surface area (Å²) in [6.45, 7) is 4.13. The summed E-state index contributed by atoms with van der Waals surface area (Å²) in [4.78, 5) is 4.08. The molecule has 0 amide bonds. The van der Waals surface area contributed by atoms with E-state index < -0.39 is 10.0 Å². The lowest BCUT2D eigenvalue weighted by Crippen LogP contribution is -2.30. The van der Waals surface area contributed by atoms with E-state index in [1.165, 1.54) is 10.5 Å². The van der Waals surface area contributed by atoms with E-state index in [2.05, 4.69) is 4.98 Å². The Morgan fingerprint density at radius 3 is 2.58 bits per heavy atom. The number of pyridine rings is 1. The smallest absolute Gasteiger partial charge is 0.265 e. The molecule has 1 heterocycles. The van der Waals surface area contributed by atoms with Gasteiger partial charge in [0.25, 0.3) is 10.0 Å². The molecule has 0 aliphatic rings. The highest BCUT2D eigenvalue weighted by molar-refractivity contribution is 7.92. The third kappa shape index (κ3) is 2.76. The lowest BCUT2D eigenvalue weighted by Gasteiger charge is -2.23. The van der Waals surface area contributed by atoms with Crippen LogP contribution in [0.5, 0.6) is 0 Å². The fraction of sp³-hybridized carbons (Fsp3) is 0.214. The molecule has 0 saturated heterocycles. The van der Waals surface area contributed by atoms with Crippen LogP contribution in [0.4, 0.5) is 5.69 Å². The summed E-state index contributed by atoms with van der Waals surface area (Å²) in [5.74, 6) is 0. The van der Waals surface area contributed by atoms with E-state index in [1.54, 1.807) is 24.4 Å². The van der Waals surface area contributed by atoms with Gasteiger partial charge in [-0.05, 0) is 43.7 Å². The summed E-state index contributed by atoms with van der Waals surface area (Å²) in [6.07, 6.45) is 2.93. The van der Waals surface area contributed by atoms with Gasteiger partial charge in [0.15, 0.2) is 0 Å². The normalized spacial score (nSPS) is 11.3. The van der Waals surface area contributed by atoms with Crippen molar-refractivity contribution in [3.63, 3.8) is 0 Å². The molecule has 2 rings (SSSR count). The molecule has 0 fully saturated rings. The Balaban J connectivity index is 2.48. The first kappa shape index (κ1) is 13.5. The second-order valence-corrected chi connectivity index (χ2v) is 6.06. The lowest BCUT2D eigenvalue weighted by molar-refractivity contribution is 0.591. The van der Waals surface area contributed by atoms with Crippen molar-refractivity contribution in [2.75, 3.05) is 10.8 Å². The first-order chi connectivity index (χ1) is 9.05. The Kier molecular flexibility index (Phi) is 3.85. The number of rotatable bonds is 4. The van der Waals surface area contributed by atoms with Crippen molar-refractivity contribution >= 4 is 15.7 Å². The van der Waals surface area contributed by atoms with E-state index in [4.69, 9.17) is 0 Å². The van der Waals surface area contributed by atoms with Gasteiger partial charge in [0, 0.05) is 18.9 Å². The maximum atomic E-state index is 12.6. The van der Waals surface area contributed by atoms with Gasteiger partial charge in [0.1, 0.15) is 4.90 Å². The molecule has 0 radical (unpaired) electrons. The van der Waals surface area contributed by atoms with Crippen LogP contribution in [0.1, 0.15) is 12.5 Å². The molecule has 4 nitrogen and oxygen atoms in total. The number of aromatic nitrogens is 1. The van der Waals surface area contributed by atoms with Crippen LogP contribution in [0, 0.1) is 6.92 Å². The van der Waals surface area contributed by atoms with Crippen molar-refractivity contribution in [1.29, 1.82) is 0 Å². The van der Waals surface area contributed by atoms with Crippen LogP contribution < -0.4 is 4.31 Å². The molecule has 0 atom stereocenters. The third-order valence-electron chi connectivity index (χ3n) is 2.80. The summed E-state index contributed by atoms with van der Waals surface area (Å²) >= 11 is 0. The average molecular weight is 276 g/mol. The van der Waals surface area contributed by atoms with E-state index in [9.17, 15) is 8.42 Å². The zero-order valence-corrected chi connectivity index (χ0v) is 11.8. The molecular weight excluding hydrogens is 260 g/mol.